The molecule has 2 saturated carbocycles. The summed E-state index contributed by atoms with van der Waals surface area (Å²) in [5, 5.41) is 3.49. The molecule has 0 aliphatic heterocycles. The molecule has 0 aromatic carbocycles. The third-order valence-corrected chi connectivity index (χ3v) is 4.51. The van der Waals surface area contributed by atoms with E-state index in [9.17, 15) is 0 Å². The van der Waals surface area contributed by atoms with E-state index in [2.05, 4.69) is 24.2 Å². The van der Waals surface area contributed by atoms with E-state index in [0.717, 1.165) is 17.9 Å². The van der Waals surface area contributed by atoms with Crippen molar-refractivity contribution < 1.29 is 0 Å². The lowest BCUT2D eigenvalue weighted by molar-refractivity contribution is 0.244. The lowest BCUT2D eigenvalue weighted by Gasteiger charge is -2.24. The number of hydrogen-bond acceptors (Lipinski definition) is 2. The maximum Gasteiger partial charge on any atom is 0.00928 e. The molecule has 0 bridgehead atoms. The van der Waals surface area contributed by atoms with Crippen molar-refractivity contribution in [3.05, 3.63) is 0 Å². The highest BCUT2D eigenvalue weighted by Gasteiger charge is 2.27. The molecule has 0 aromatic heterocycles. The summed E-state index contributed by atoms with van der Waals surface area (Å²) in [4.78, 5) is 2.67. The summed E-state index contributed by atoms with van der Waals surface area (Å²) < 4.78 is 0. The molecular formula is C14H28N2. The maximum absolute atomic E-state index is 3.49. The molecule has 2 atom stereocenters. The predicted octanol–water partition coefficient (Wildman–Crippen LogP) is 2.50. The van der Waals surface area contributed by atoms with Gasteiger partial charge in [-0.15, -0.1) is 0 Å². The Bertz CT molecular complexity index is 201. The number of rotatable bonds is 7. The van der Waals surface area contributed by atoms with Gasteiger partial charge in [0, 0.05) is 12.6 Å². The Morgan fingerprint density at radius 3 is 2.62 bits per heavy atom. The van der Waals surface area contributed by atoms with Crippen LogP contribution in [-0.4, -0.2) is 37.6 Å². The standard InChI is InChI=1S/C14H28N2/c1-3-16(11-12-7-8-12)10-9-13-5-4-6-14(13)15-2/h12-15H,3-11H2,1-2H3. The van der Waals surface area contributed by atoms with Gasteiger partial charge in [0.25, 0.3) is 0 Å². The quantitative estimate of drug-likeness (QED) is 0.715. The molecule has 2 rings (SSSR count). The second-order valence-electron chi connectivity index (χ2n) is 5.71. The second kappa shape index (κ2) is 6.02. The Hall–Kier alpha value is -0.0800. The highest BCUT2D eigenvalue weighted by atomic mass is 15.1. The van der Waals surface area contributed by atoms with Crippen LogP contribution in [0.1, 0.15) is 45.4 Å². The molecule has 0 spiro atoms. The molecule has 2 aliphatic rings. The fourth-order valence-electron chi connectivity index (χ4n) is 3.15. The monoisotopic (exact) mass is 224 g/mol. The van der Waals surface area contributed by atoms with Crippen LogP contribution in [0.25, 0.3) is 0 Å². The molecule has 1 N–H and O–H groups in total. The lowest BCUT2D eigenvalue weighted by atomic mass is 9.99. The van der Waals surface area contributed by atoms with Crippen molar-refractivity contribution in [2.45, 2.75) is 51.5 Å². The van der Waals surface area contributed by atoms with Gasteiger partial charge in [-0.1, -0.05) is 13.3 Å². The first kappa shape index (κ1) is 12.4. The molecule has 0 radical (unpaired) electrons. The van der Waals surface area contributed by atoms with Gasteiger partial charge in [0.05, 0.1) is 0 Å². The third kappa shape index (κ3) is 3.46. The minimum Gasteiger partial charge on any atom is -0.317 e. The molecule has 0 heterocycles. The fourth-order valence-corrected chi connectivity index (χ4v) is 3.15. The van der Waals surface area contributed by atoms with Crippen molar-refractivity contribution in [2.24, 2.45) is 11.8 Å². The zero-order chi connectivity index (χ0) is 11.4. The van der Waals surface area contributed by atoms with Gasteiger partial charge in [0.2, 0.25) is 0 Å². The van der Waals surface area contributed by atoms with Gasteiger partial charge in [0.15, 0.2) is 0 Å². The van der Waals surface area contributed by atoms with Crippen LogP contribution in [0.4, 0.5) is 0 Å². The van der Waals surface area contributed by atoms with Gasteiger partial charge < -0.3 is 10.2 Å². The van der Waals surface area contributed by atoms with Gasteiger partial charge in [-0.05, 0) is 64.1 Å². The van der Waals surface area contributed by atoms with E-state index in [0.29, 0.717) is 0 Å². The van der Waals surface area contributed by atoms with Crippen LogP contribution in [0, 0.1) is 11.8 Å². The molecule has 2 unspecified atom stereocenters. The van der Waals surface area contributed by atoms with Crippen LogP contribution < -0.4 is 5.32 Å². The summed E-state index contributed by atoms with van der Waals surface area (Å²) in [7, 11) is 2.13. The van der Waals surface area contributed by atoms with Crippen LogP contribution >= 0.6 is 0 Å². The summed E-state index contributed by atoms with van der Waals surface area (Å²) in [5.74, 6) is 1.99. The zero-order valence-electron chi connectivity index (χ0n) is 11.0. The van der Waals surface area contributed by atoms with E-state index >= 15 is 0 Å². The Morgan fingerprint density at radius 1 is 1.19 bits per heavy atom. The SMILES string of the molecule is CCN(CCC1CCCC1NC)CC1CC1. The predicted molar refractivity (Wildman–Crippen MR) is 69.6 cm³/mol. The molecule has 0 amide bonds. The van der Waals surface area contributed by atoms with Crippen LogP contribution in [0.5, 0.6) is 0 Å². The van der Waals surface area contributed by atoms with Gasteiger partial charge in [-0.25, -0.2) is 0 Å². The number of hydrogen-bond donors (Lipinski definition) is 1. The molecule has 0 aromatic rings. The van der Waals surface area contributed by atoms with Gasteiger partial charge >= 0.3 is 0 Å². The third-order valence-electron chi connectivity index (χ3n) is 4.51. The Balaban J connectivity index is 1.67. The van der Waals surface area contributed by atoms with Gasteiger partial charge in [-0.2, -0.15) is 0 Å². The number of nitrogens with one attached hydrogen (secondary N) is 1. The average molecular weight is 224 g/mol. The van der Waals surface area contributed by atoms with Crippen molar-refractivity contribution >= 4 is 0 Å². The van der Waals surface area contributed by atoms with Crippen molar-refractivity contribution in [3.63, 3.8) is 0 Å². The summed E-state index contributed by atoms with van der Waals surface area (Å²) in [6.45, 7) is 6.25. The van der Waals surface area contributed by atoms with Gasteiger partial charge in [0.1, 0.15) is 0 Å². The minimum absolute atomic E-state index is 0.805. The average Bonchev–Trinajstić information content (AvgIpc) is 3.00. The minimum atomic E-state index is 0.805. The van der Waals surface area contributed by atoms with Crippen LogP contribution in [0.2, 0.25) is 0 Å². The normalized spacial score (nSPS) is 30.2. The molecular weight excluding hydrogens is 196 g/mol. The second-order valence-corrected chi connectivity index (χ2v) is 5.71. The smallest absolute Gasteiger partial charge is 0.00928 e. The molecule has 0 saturated heterocycles. The topological polar surface area (TPSA) is 15.3 Å². The summed E-state index contributed by atoms with van der Waals surface area (Å²) in [5.41, 5.74) is 0. The first-order valence-electron chi connectivity index (χ1n) is 7.23. The highest BCUT2D eigenvalue weighted by molar-refractivity contribution is 4.83. The van der Waals surface area contributed by atoms with E-state index in [-0.39, 0.29) is 0 Å². The molecule has 16 heavy (non-hydrogen) atoms. The maximum atomic E-state index is 3.49. The van der Waals surface area contributed by atoms with E-state index in [1.165, 1.54) is 58.2 Å². The zero-order valence-corrected chi connectivity index (χ0v) is 11.0. The summed E-state index contributed by atoms with van der Waals surface area (Å²) >= 11 is 0. The lowest BCUT2D eigenvalue weighted by Crippen LogP contribution is -2.33. The Kier molecular flexibility index (Phi) is 4.66. The molecule has 2 heteroatoms. The molecule has 2 aliphatic carbocycles. The van der Waals surface area contributed by atoms with E-state index in [1.54, 1.807) is 0 Å². The molecule has 2 fully saturated rings. The first-order chi connectivity index (χ1) is 7.83. The van der Waals surface area contributed by atoms with Gasteiger partial charge in [-0.3, -0.25) is 0 Å². The number of nitrogens with zero attached hydrogens (tertiary/aromatic N) is 1. The largest absolute Gasteiger partial charge is 0.317 e. The summed E-state index contributed by atoms with van der Waals surface area (Å²) in [6, 6.07) is 0.805. The van der Waals surface area contributed by atoms with Crippen molar-refractivity contribution in [2.75, 3.05) is 26.7 Å². The van der Waals surface area contributed by atoms with E-state index in [4.69, 9.17) is 0 Å². The van der Waals surface area contributed by atoms with Crippen molar-refractivity contribution in [1.29, 1.82) is 0 Å². The molecule has 94 valence electrons. The first-order valence-corrected chi connectivity index (χ1v) is 7.23. The Morgan fingerprint density at radius 2 is 2.00 bits per heavy atom. The van der Waals surface area contributed by atoms with E-state index < -0.39 is 0 Å². The summed E-state index contributed by atoms with van der Waals surface area (Å²) in [6.07, 6.45) is 8.66. The van der Waals surface area contributed by atoms with E-state index in [1.807, 2.05) is 0 Å². The van der Waals surface area contributed by atoms with Crippen molar-refractivity contribution in [1.82, 2.24) is 10.2 Å². The molecule has 2 nitrogen and oxygen atoms in total. The van der Waals surface area contributed by atoms with Crippen LogP contribution in [-0.2, 0) is 0 Å². The van der Waals surface area contributed by atoms with Crippen molar-refractivity contribution in [3.8, 4) is 0 Å². The highest BCUT2D eigenvalue weighted by Crippen LogP contribution is 2.31. The van der Waals surface area contributed by atoms with Crippen LogP contribution in [0.15, 0.2) is 0 Å². The Labute approximate surface area is 101 Å². The fraction of sp³-hybridized carbons (Fsp3) is 1.00. The van der Waals surface area contributed by atoms with Crippen LogP contribution in [0.3, 0.4) is 0 Å².